The zero-order chi connectivity index (χ0) is 15.7. The monoisotopic (exact) mass is 292 g/mol. The zero-order valence-electron chi connectivity index (χ0n) is 13.0. The van der Waals surface area contributed by atoms with Crippen LogP contribution >= 0.6 is 0 Å². The van der Waals surface area contributed by atoms with E-state index in [1.807, 2.05) is 20.8 Å². The second kappa shape index (κ2) is 9.05. The third-order valence-electron chi connectivity index (χ3n) is 2.84. The molecule has 0 fully saturated rings. The molecule has 2 amide bonds. The summed E-state index contributed by atoms with van der Waals surface area (Å²) < 4.78 is 0. The van der Waals surface area contributed by atoms with E-state index < -0.39 is 0 Å². The van der Waals surface area contributed by atoms with Crippen molar-refractivity contribution in [2.24, 2.45) is 5.92 Å². The standard InChI is InChI=1S/C15H24N4O2/c1-4-6-18-14(20)5-9-19(11-12(2)3)15(21)13-10-16-7-8-17-13/h7-8,10,12H,4-6,9,11H2,1-3H3,(H,18,20). The van der Waals surface area contributed by atoms with Gasteiger partial charge >= 0.3 is 0 Å². The fourth-order valence-electron chi connectivity index (χ4n) is 1.88. The van der Waals surface area contributed by atoms with E-state index in [-0.39, 0.29) is 11.8 Å². The number of nitrogens with zero attached hydrogens (tertiary/aromatic N) is 3. The van der Waals surface area contributed by atoms with Gasteiger partial charge in [0, 0.05) is 38.4 Å². The van der Waals surface area contributed by atoms with Crippen LogP contribution in [0.2, 0.25) is 0 Å². The van der Waals surface area contributed by atoms with E-state index >= 15 is 0 Å². The summed E-state index contributed by atoms with van der Waals surface area (Å²) in [4.78, 5) is 33.7. The van der Waals surface area contributed by atoms with E-state index in [1.54, 1.807) is 4.90 Å². The van der Waals surface area contributed by atoms with E-state index in [1.165, 1.54) is 18.6 Å². The fourth-order valence-corrected chi connectivity index (χ4v) is 1.88. The molecule has 1 heterocycles. The van der Waals surface area contributed by atoms with Gasteiger partial charge in [-0.25, -0.2) is 4.98 Å². The summed E-state index contributed by atoms with van der Waals surface area (Å²) in [5, 5.41) is 2.81. The van der Waals surface area contributed by atoms with Gasteiger partial charge in [-0.1, -0.05) is 20.8 Å². The molecule has 0 aromatic carbocycles. The van der Waals surface area contributed by atoms with Gasteiger partial charge in [-0.05, 0) is 12.3 Å². The first-order chi connectivity index (χ1) is 10.0. The van der Waals surface area contributed by atoms with Crippen LogP contribution < -0.4 is 5.32 Å². The van der Waals surface area contributed by atoms with Gasteiger partial charge in [-0.15, -0.1) is 0 Å². The van der Waals surface area contributed by atoms with Gasteiger partial charge in [0.25, 0.3) is 5.91 Å². The molecule has 0 aliphatic carbocycles. The van der Waals surface area contributed by atoms with Crippen LogP contribution in [-0.4, -0.2) is 46.3 Å². The van der Waals surface area contributed by atoms with Gasteiger partial charge in [-0.3, -0.25) is 14.6 Å². The zero-order valence-corrected chi connectivity index (χ0v) is 13.0. The molecule has 6 nitrogen and oxygen atoms in total. The quantitative estimate of drug-likeness (QED) is 0.787. The minimum Gasteiger partial charge on any atom is -0.356 e. The SMILES string of the molecule is CCCNC(=O)CCN(CC(C)C)C(=O)c1cnccn1. The summed E-state index contributed by atoms with van der Waals surface area (Å²) >= 11 is 0. The van der Waals surface area contributed by atoms with Crippen LogP contribution in [0.3, 0.4) is 0 Å². The summed E-state index contributed by atoms with van der Waals surface area (Å²) in [5.41, 5.74) is 0.312. The highest BCUT2D eigenvalue weighted by Gasteiger charge is 2.19. The lowest BCUT2D eigenvalue weighted by Gasteiger charge is -2.24. The van der Waals surface area contributed by atoms with Crippen molar-refractivity contribution in [3.63, 3.8) is 0 Å². The Kier molecular flexibility index (Phi) is 7.36. The lowest BCUT2D eigenvalue weighted by molar-refractivity contribution is -0.121. The first-order valence-electron chi connectivity index (χ1n) is 7.36. The molecular formula is C15H24N4O2. The molecule has 0 unspecified atom stereocenters. The molecule has 1 aromatic heterocycles. The van der Waals surface area contributed by atoms with E-state index in [0.717, 1.165) is 6.42 Å². The molecule has 0 aliphatic rings. The third kappa shape index (κ3) is 6.33. The largest absolute Gasteiger partial charge is 0.356 e. The van der Waals surface area contributed by atoms with Crippen LogP contribution in [0.1, 0.15) is 44.1 Å². The second-order valence-corrected chi connectivity index (χ2v) is 5.34. The maximum Gasteiger partial charge on any atom is 0.274 e. The van der Waals surface area contributed by atoms with Gasteiger partial charge < -0.3 is 10.2 Å². The Hall–Kier alpha value is -1.98. The Balaban J connectivity index is 2.63. The first-order valence-corrected chi connectivity index (χ1v) is 7.36. The Morgan fingerprint density at radius 1 is 1.33 bits per heavy atom. The van der Waals surface area contributed by atoms with Gasteiger partial charge in [-0.2, -0.15) is 0 Å². The highest BCUT2D eigenvalue weighted by Crippen LogP contribution is 2.06. The molecule has 21 heavy (non-hydrogen) atoms. The summed E-state index contributed by atoms with van der Waals surface area (Å²) in [5.74, 6) is 0.113. The second-order valence-electron chi connectivity index (χ2n) is 5.34. The molecule has 0 saturated heterocycles. The number of hydrogen-bond acceptors (Lipinski definition) is 4. The topological polar surface area (TPSA) is 75.2 Å². The van der Waals surface area contributed by atoms with Crippen molar-refractivity contribution in [1.29, 1.82) is 0 Å². The minimum absolute atomic E-state index is 0.0300. The Morgan fingerprint density at radius 3 is 2.67 bits per heavy atom. The average molecular weight is 292 g/mol. The molecule has 0 saturated carbocycles. The number of aromatic nitrogens is 2. The Morgan fingerprint density at radius 2 is 2.10 bits per heavy atom. The van der Waals surface area contributed by atoms with E-state index in [9.17, 15) is 9.59 Å². The van der Waals surface area contributed by atoms with Crippen LogP contribution in [0.25, 0.3) is 0 Å². The molecule has 1 rings (SSSR count). The van der Waals surface area contributed by atoms with Crippen LogP contribution in [-0.2, 0) is 4.79 Å². The van der Waals surface area contributed by atoms with Crippen molar-refractivity contribution in [3.8, 4) is 0 Å². The molecule has 0 aliphatic heterocycles. The van der Waals surface area contributed by atoms with Crippen molar-refractivity contribution in [3.05, 3.63) is 24.3 Å². The first kappa shape index (κ1) is 17.1. The lowest BCUT2D eigenvalue weighted by atomic mass is 10.2. The highest BCUT2D eigenvalue weighted by molar-refractivity contribution is 5.92. The van der Waals surface area contributed by atoms with E-state index in [2.05, 4.69) is 15.3 Å². The molecule has 0 spiro atoms. The smallest absolute Gasteiger partial charge is 0.274 e. The van der Waals surface area contributed by atoms with Crippen LogP contribution in [0.15, 0.2) is 18.6 Å². The summed E-state index contributed by atoms with van der Waals surface area (Å²) in [6.45, 7) is 7.73. The van der Waals surface area contributed by atoms with Crippen LogP contribution in [0.4, 0.5) is 0 Å². The van der Waals surface area contributed by atoms with Crippen molar-refractivity contribution < 1.29 is 9.59 Å². The molecule has 1 N–H and O–H groups in total. The van der Waals surface area contributed by atoms with Gasteiger partial charge in [0.2, 0.25) is 5.91 Å². The average Bonchev–Trinajstić information content (AvgIpc) is 2.49. The Labute approximate surface area is 126 Å². The number of rotatable bonds is 8. The fraction of sp³-hybridized carbons (Fsp3) is 0.600. The van der Waals surface area contributed by atoms with Gasteiger partial charge in [0.05, 0.1) is 6.20 Å². The molecule has 0 atom stereocenters. The van der Waals surface area contributed by atoms with Crippen LogP contribution in [0, 0.1) is 5.92 Å². The molecule has 116 valence electrons. The summed E-state index contributed by atoms with van der Waals surface area (Å²) in [6, 6.07) is 0. The van der Waals surface area contributed by atoms with Crippen molar-refractivity contribution in [2.45, 2.75) is 33.6 Å². The molecule has 0 radical (unpaired) electrons. The Bertz CT molecular complexity index is 448. The predicted octanol–water partition coefficient (Wildman–Crippen LogP) is 1.49. The number of amides is 2. The number of carbonyl (C=O) groups is 2. The lowest BCUT2D eigenvalue weighted by Crippen LogP contribution is -2.38. The normalized spacial score (nSPS) is 10.5. The minimum atomic E-state index is -0.180. The van der Waals surface area contributed by atoms with Crippen molar-refractivity contribution in [2.75, 3.05) is 19.6 Å². The van der Waals surface area contributed by atoms with Crippen molar-refractivity contribution >= 4 is 11.8 Å². The number of hydrogen-bond donors (Lipinski definition) is 1. The third-order valence-corrected chi connectivity index (χ3v) is 2.84. The summed E-state index contributed by atoms with van der Waals surface area (Å²) in [7, 11) is 0. The number of carbonyl (C=O) groups excluding carboxylic acids is 2. The van der Waals surface area contributed by atoms with E-state index in [4.69, 9.17) is 0 Å². The molecule has 6 heteroatoms. The van der Waals surface area contributed by atoms with Gasteiger partial charge in [0.15, 0.2) is 0 Å². The maximum atomic E-state index is 12.4. The molecule has 1 aromatic rings. The van der Waals surface area contributed by atoms with Crippen molar-refractivity contribution in [1.82, 2.24) is 20.2 Å². The highest BCUT2D eigenvalue weighted by atomic mass is 16.2. The number of nitrogens with one attached hydrogen (secondary N) is 1. The predicted molar refractivity (Wildman–Crippen MR) is 80.7 cm³/mol. The molecule has 0 bridgehead atoms. The van der Waals surface area contributed by atoms with Gasteiger partial charge in [0.1, 0.15) is 5.69 Å². The van der Waals surface area contributed by atoms with Crippen LogP contribution in [0.5, 0.6) is 0 Å². The molecular weight excluding hydrogens is 268 g/mol. The van der Waals surface area contributed by atoms with E-state index in [0.29, 0.717) is 37.7 Å². The summed E-state index contributed by atoms with van der Waals surface area (Å²) in [6.07, 6.45) is 5.68. The maximum absolute atomic E-state index is 12.4.